The molecule has 100 valence electrons. The molecule has 0 aromatic carbocycles. The fourth-order valence-corrected chi connectivity index (χ4v) is 1.72. The molecule has 0 spiro atoms. The molecule has 1 aliphatic rings. The molecule has 6 nitrogen and oxygen atoms in total. The van der Waals surface area contributed by atoms with E-state index in [0.29, 0.717) is 6.61 Å². The molecular formula is C12H18N2O4. The van der Waals surface area contributed by atoms with Crippen molar-refractivity contribution in [2.45, 2.75) is 31.4 Å². The number of amides is 2. The molecule has 0 radical (unpaired) electrons. The van der Waals surface area contributed by atoms with E-state index in [1.165, 1.54) is 11.9 Å². The molecule has 1 aliphatic heterocycles. The van der Waals surface area contributed by atoms with Crippen LogP contribution in [0.1, 0.15) is 19.3 Å². The van der Waals surface area contributed by atoms with Gasteiger partial charge in [-0.2, -0.15) is 0 Å². The maximum atomic E-state index is 11.8. The molecule has 0 aliphatic carbocycles. The van der Waals surface area contributed by atoms with Crippen LogP contribution in [0, 0.1) is 12.3 Å². The second-order valence-corrected chi connectivity index (χ2v) is 4.21. The van der Waals surface area contributed by atoms with Crippen molar-refractivity contribution in [3.05, 3.63) is 0 Å². The highest BCUT2D eigenvalue weighted by molar-refractivity contribution is 5.75. The van der Waals surface area contributed by atoms with Gasteiger partial charge in [0, 0.05) is 20.2 Å². The topological polar surface area (TPSA) is 78.9 Å². The highest BCUT2D eigenvalue weighted by Crippen LogP contribution is 2.15. The van der Waals surface area contributed by atoms with Gasteiger partial charge in [-0.3, -0.25) is 4.79 Å². The molecule has 1 rings (SSSR count). The van der Waals surface area contributed by atoms with Crippen molar-refractivity contribution in [3.8, 4) is 12.3 Å². The number of urea groups is 1. The third-order valence-electron chi connectivity index (χ3n) is 2.80. The Hall–Kier alpha value is -1.74. The summed E-state index contributed by atoms with van der Waals surface area (Å²) < 4.78 is 5.41. The quantitative estimate of drug-likeness (QED) is 0.691. The van der Waals surface area contributed by atoms with E-state index in [9.17, 15) is 9.59 Å². The van der Waals surface area contributed by atoms with E-state index in [2.05, 4.69) is 11.2 Å². The number of carboxylic acid groups (broad SMARTS) is 1. The number of rotatable bonds is 5. The molecule has 2 unspecified atom stereocenters. The van der Waals surface area contributed by atoms with Crippen LogP contribution in [0.4, 0.5) is 4.79 Å². The zero-order valence-electron chi connectivity index (χ0n) is 10.4. The number of hydrogen-bond acceptors (Lipinski definition) is 3. The summed E-state index contributed by atoms with van der Waals surface area (Å²) in [7, 11) is 1.53. The first-order valence-electron chi connectivity index (χ1n) is 5.85. The summed E-state index contributed by atoms with van der Waals surface area (Å²) in [5, 5.41) is 11.2. The van der Waals surface area contributed by atoms with Gasteiger partial charge in [0.15, 0.2) is 0 Å². The summed E-state index contributed by atoms with van der Waals surface area (Å²) in [5.74, 6) is 1.55. The average molecular weight is 254 g/mol. The number of ether oxygens (including phenoxy) is 1. The standard InChI is InChI=1S/C12H18N2O4/c1-3-9(10-5-4-8-18-10)13-12(17)14(2)7-6-11(15)16/h1,9-10H,4-8H2,2H3,(H,13,17)(H,15,16). The number of nitrogens with one attached hydrogen (secondary N) is 1. The van der Waals surface area contributed by atoms with E-state index in [-0.39, 0.29) is 25.1 Å². The molecule has 6 heteroatoms. The first-order chi connectivity index (χ1) is 8.54. The molecule has 2 atom stereocenters. The molecule has 0 bridgehead atoms. The third-order valence-corrected chi connectivity index (χ3v) is 2.80. The molecule has 1 saturated heterocycles. The molecule has 1 fully saturated rings. The molecule has 0 aromatic heterocycles. The lowest BCUT2D eigenvalue weighted by molar-refractivity contribution is -0.137. The largest absolute Gasteiger partial charge is 0.481 e. The van der Waals surface area contributed by atoms with Crippen LogP contribution in [-0.2, 0) is 9.53 Å². The third kappa shape index (κ3) is 4.26. The molecule has 2 N–H and O–H groups in total. The summed E-state index contributed by atoms with van der Waals surface area (Å²) >= 11 is 0. The second kappa shape index (κ2) is 6.87. The fourth-order valence-electron chi connectivity index (χ4n) is 1.72. The van der Waals surface area contributed by atoms with Crippen molar-refractivity contribution in [2.24, 2.45) is 0 Å². The smallest absolute Gasteiger partial charge is 0.318 e. The van der Waals surface area contributed by atoms with Gasteiger partial charge in [-0.1, -0.05) is 5.92 Å². The van der Waals surface area contributed by atoms with Gasteiger partial charge in [0.25, 0.3) is 0 Å². The van der Waals surface area contributed by atoms with Crippen LogP contribution in [0.5, 0.6) is 0 Å². The van der Waals surface area contributed by atoms with E-state index in [1.54, 1.807) is 0 Å². The van der Waals surface area contributed by atoms with Gasteiger partial charge in [0.1, 0.15) is 6.04 Å². The van der Waals surface area contributed by atoms with Gasteiger partial charge in [0.05, 0.1) is 12.5 Å². The lowest BCUT2D eigenvalue weighted by atomic mass is 10.1. The van der Waals surface area contributed by atoms with E-state index >= 15 is 0 Å². The number of nitrogens with zero attached hydrogens (tertiary/aromatic N) is 1. The Morgan fingerprint density at radius 1 is 1.67 bits per heavy atom. The van der Waals surface area contributed by atoms with Crippen molar-refractivity contribution in [1.82, 2.24) is 10.2 Å². The Labute approximate surface area is 106 Å². The van der Waals surface area contributed by atoms with Gasteiger partial charge in [-0.05, 0) is 12.8 Å². The number of terminal acetylenes is 1. The molecule has 0 aromatic rings. The van der Waals surface area contributed by atoms with Gasteiger partial charge >= 0.3 is 12.0 Å². The lowest BCUT2D eigenvalue weighted by Crippen LogP contribution is -2.47. The average Bonchev–Trinajstić information content (AvgIpc) is 2.86. The lowest BCUT2D eigenvalue weighted by Gasteiger charge is -2.23. The summed E-state index contributed by atoms with van der Waals surface area (Å²) in [6.45, 7) is 0.803. The predicted octanol–water partition coefficient (Wildman–Crippen LogP) is 0.283. The maximum Gasteiger partial charge on any atom is 0.318 e. The van der Waals surface area contributed by atoms with Crippen molar-refractivity contribution in [1.29, 1.82) is 0 Å². The zero-order valence-corrected chi connectivity index (χ0v) is 10.4. The molecular weight excluding hydrogens is 236 g/mol. The van der Waals surface area contributed by atoms with Crippen LogP contribution >= 0.6 is 0 Å². The van der Waals surface area contributed by atoms with Crippen LogP contribution in [-0.4, -0.2) is 54.4 Å². The summed E-state index contributed by atoms with van der Waals surface area (Å²) in [6, 6.07) is -0.845. The Balaban J connectivity index is 2.41. The molecule has 2 amide bonds. The highest BCUT2D eigenvalue weighted by Gasteiger charge is 2.26. The van der Waals surface area contributed by atoms with Gasteiger partial charge in [0.2, 0.25) is 0 Å². The minimum absolute atomic E-state index is 0.0927. The van der Waals surface area contributed by atoms with Gasteiger partial charge in [-0.15, -0.1) is 6.42 Å². The molecule has 0 saturated carbocycles. The van der Waals surface area contributed by atoms with Crippen molar-refractivity contribution in [3.63, 3.8) is 0 Å². The number of carbonyl (C=O) groups excluding carboxylic acids is 1. The van der Waals surface area contributed by atoms with Crippen LogP contribution in [0.25, 0.3) is 0 Å². The monoisotopic (exact) mass is 254 g/mol. The van der Waals surface area contributed by atoms with Crippen LogP contribution < -0.4 is 5.32 Å². The zero-order chi connectivity index (χ0) is 13.5. The molecule has 1 heterocycles. The number of carbonyl (C=O) groups is 2. The Bertz CT molecular complexity index is 344. The molecule has 18 heavy (non-hydrogen) atoms. The van der Waals surface area contributed by atoms with Gasteiger partial charge in [-0.25, -0.2) is 4.79 Å². The van der Waals surface area contributed by atoms with Gasteiger partial charge < -0.3 is 20.1 Å². The number of carboxylic acids is 1. The maximum absolute atomic E-state index is 11.8. The van der Waals surface area contributed by atoms with Crippen molar-refractivity contribution >= 4 is 12.0 Å². The van der Waals surface area contributed by atoms with E-state index in [1.807, 2.05) is 0 Å². The van der Waals surface area contributed by atoms with E-state index in [0.717, 1.165) is 12.8 Å². The SMILES string of the molecule is C#CC(NC(=O)N(C)CCC(=O)O)C1CCCO1. The van der Waals surface area contributed by atoms with E-state index in [4.69, 9.17) is 16.3 Å². The van der Waals surface area contributed by atoms with E-state index < -0.39 is 12.0 Å². The highest BCUT2D eigenvalue weighted by atomic mass is 16.5. The van der Waals surface area contributed by atoms with Crippen LogP contribution in [0.2, 0.25) is 0 Å². The summed E-state index contributed by atoms with van der Waals surface area (Å²) in [5.41, 5.74) is 0. The first kappa shape index (κ1) is 14.3. The van der Waals surface area contributed by atoms with Crippen molar-refractivity contribution in [2.75, 3.05) is 20.2 Å². The summed E-state index contributed by atoms with van der Waals surface area (Å²) in [6.07, 6.45) is 6.89. The van der Waals surface area contributed by atoms with Crippen LogP contribution in [0.3, 0.4) is 0 Å². The van der Waals surface area contributed by atoms with Crippen molar-refractivity contribution < 1.29 is 19.4 Å². The Morgan fingerprint density at radius 3 is 2.89 bits per heavy atom. The minimum atomic E-state index is -0.942. The first-order valence-corrected chi connectivity index (χ1v) is 5.85. The summed E-state index contributed by atoms with van der Waals surface area (Å²) in [4.78, 5) is 23.5. The number of aliphatic carboxylic acids is 1. The fraction of sp³-hybridized carbons (Fsp3) is 0.667. The minimum Gasteiger partial charge on any atom is -0.481 e. The Kier molecular flexibility index (Phi) is 5.46. The normalized spacial score (nSPS) is 19.9. The predicted molar refractivity (Wildman–Crippen MR) is 65.0 cm³/mol. The second-order valence-electron chi connectivity index (χ2n) is 4.21. The Morgan fingerprint density at radius 2 is 2.39 bits per heavy atom. The number of hydrogen-bond donors (Lipinski definition) is 2. The van der Waals surface area contributed by atoms with Crippen LogP contribution in [0.15, 0.2) is 0 Å².